The maximum atomic E-state index is 13.0. The van der Waals surface area contributed by atoms with E-state index in [4.69, 9.17) is 4.74 Å². The summed E-state index contributed by atoms with van der Waals surface area (Å²) in [6.45, 7) is 10.9. The number of nitrogens with one attached hydrogen (secondary N) is 2. The highest BCUT2D eigenvalue weighted by atomic mass is 32.2. The summed E-state index contributed by atoms with van der Waals surface area (Å²) >= 11 is 1.41. The van der Waals surface area contributed by atoms with Crippen LogP contribution in [0.5, 0.6) is 0 Å². The molecule has 7 nitrogen and oxygen atoms in total. The molecule has 2 aliphatic heterocycles. The largest absolute Gasteiger partial charge is 0.388 e. The Hall–Kier alpha value is -0.380. The summed E-state index contributed by atoms with van der Waals surface area (Å²) in [6.07, 6.45) is -0.402. The molecule has 0 saturated carbocycles. The number of piperidine rings is 1. The first-order valence-corrected chi connectivity index (χ1v) is 12.0. The van der Waals surface area contributed by atoms with Crippen LogP contribution in [0, 0.1) is 11.8 Å². The molecule has 170 valence electrons. The number of hydrogen-bond acceptors (Lipinski definition) is 7. The molecule has 8 heteroatoms. The lowest BCUT2D eigenvalue weighted by atomic mass is 9.86. The molecule has 0 aliphatic carbocycles. The number of rotatable bonds is 8. The third-order valence-corrected chi connectivity index (χ3v) is 7.12. The number of aliphatic hydroxyl groups excluding tert-OH is 3. The molecular formula is C21H40N2O5S. The van der Waals surface area contributed by atoms with Crippen molar-refractivity contribution in [3.8, 4) is 0 Å². The Kier molecular flexibility index (Phi) is 9.70. The van der Waals surface area contributed by atoms with E-state index in [1.54, 1.807) is 0 Å². The van der Waals surface area contributed by atoms with Crippen LogP contribution in [-0.4, -0.2) is 75.0 Å². The summed E-state index contributed by atoms with van der Waals surface area (Å²) in [5.41, 5.74) is -0.654. The van der Waals surface area contributed by atoms with Crippen molar-refractivity contribution in [1.82, 2.24) is 10.6 Å². The second kappa shape index (κ2) is 11.3. The van der Waals surface area contributed by atoms with E-state index in [1.807, 2.05) is 27.7 Å². The van der Waals surface area contributed by atoms with Gasteiger partial charge in [0, 0.05) is 5.25 Å². The molecule has 0 aromatic rings. The van der Waals surface area contributed by atoms with Gasteiger partial charge in [0.2, 0.25) is 5.91 Å². The van der Waals surface area contributed by atoms with Gasteiger partial charge < -0.3 is 30.7 Å². The number of hydrogen-bond donors (Lipinski definition) is 5. The van der Waals surface area contributed by atoms with Crippen molar-refractivity contribution in [1.29, 1.82) is 0 Å². The van der Waals surface area contributed by atoms with E-state index in [-0.39, 0.29) is 23.1 Å². The van der Waals surface area contributed by atoms with E-state index in [9.17, 15) is 20.1 Å². The van der Waals surface area contributed by atoms with Gasteiger partial charge in [0.05, 0.1) is 12.1 Å². The van der Waals surface area contributed by atoms with Crippen molar-refractivity contribution in [2.45, 2.75) is 107 Å². The lowest BCUT2D eigenvalue weighted by molar-refractivity contribution is -0.208. The first-order chi connectivity index (χ1) is 13.6. The van der Waals surface area contributed by atoms with Crippen LogP contribution in [0.3, 0.4) is 0 Å². The Morgan fingerprint density at radius 2 is 1.86 bits per heavy atom. The third-order valence-electron chi connectivity index (χ3n) is 5.92. The van der Waals surface area contributed by atoms with Crippen molar-refractivity contribution in [3.05, 3.63) is 0 Å². The Labute approximate surface area is 179 Å². The van der Waals surface area contributed by atoms with Crippen molar-refractivity contribution in [3.63, 3.8) is 0 Å². The highest BCUT2D eigenvalue weighted by Crippen LogP contribution is 2.33. The van der Waals surface area contributed by atoms with Gasteiger partial charge in [0.15, 0.2) is 0 Å². The molecule has 0 spiro atoms. The molecule has 0 aromatic heterocycles. The predicted octanol–water partition coefficient (Wildman–Crippen LogP) is 1.24. The minimum absolute atomic E-state index is 0.0132. The van der Waals surface area contributed by atoms with Gasteiger partial charge >= 0.3 is 0 Å². The monoisotopic (exact) mass is 432 g/mol. The summed E-state index contributed by atoms with van der Waals surface area (Å²) in [5, 5.41) is 37.9. The SMILES string of the molecule is CCCC1CCNC(C(=O)NC(C(C)C)C2OC(SC(C)C)C(O)C(O)C2O)C1. The maximum absolute atomic E-state index is 13.0. The van der Waals surface area contributed by atoms with Gasteiger partial charge in [0.1, 0.15) is 29.9 Å². The minimum atomic E-state index is -1.31. The third kappa shape index (κ3) is 6.55. The Morgan fingerprint density at radius 3 is 2.45 bits per heavy atom. The summed E-state index contributed by atoms with van der Waals surface area (Å²) in [6, 6.07) is -0.720. The quantitative estimate of drug-likeness (QED) is 0.392. The molecule has 0 aromatic carbocycles. The Balaban J connectivity index is 2.09. The lowest BCUT2D eigenvalue weighted by Gasteiger charge is -2.45. The number of thioether (sulfide) groups is 1. The average Bonchev–Trinajstić information content (AvgIpc) is 2.66. The van der Waals surface area contributed by atoms with Crippen LogP contribution < -0.4 is 10.6 Å². The van der Waals surface area contributed by atoms with E-state index in [1.165, 1.54) is 11.8 Å². The molecule has 8 atom stereocenters. The molecule has 2 aliphatic rings. The first kappa shape index (κ1) is 24.9. The first-order valence-electron chi connectivity index (χ1n) is 11.0. The fourth-order valence-corrected chi connectivity index (χ4v) is 5.36. The van der Waals surface area contributed by atoms with Crippen LogP contribution >= 0.6 is 11.8 Å². The summed E-state index contributed by atoms with van der Waals surface area (Å²) in [7, 11) is 0. The number of carbonyl (C=O) groups is 1. The number of ether oxygens (including phenoxy) is 1. The van der Waals surface area contributed by atoms with Gasteiger partial charge in [-0.2, -0.15) is 0 Å². The van der Waals surface area contributed by atoms with Gasteiger partial charge in [-0.3, -0.25) is 4.79 Å². The summed E-state index contributed by atoms with van der Waals surface area (Å²) in [4.78, 5) is 13.0. The molecule has 8 unspecified atom stereocenters. The smallest absolute Gasteiger partial charge is 0.237 e. The summed E-state index contributed by atoms with van der Waals surface area (Å²) < 4.78 is 6.03. The van der Waals surface area contributed by atoms with Crippen LogP contribution in [0.25, 0.3) is 0 Å². The Bertz CT molecular complexity index is 519. The number of carbonyl (C=O) groups excluding carboxylic acids is 1. The fourth-order valence-electron chi connectivity index (χ4n) is 4.31. The van der Waals surface area contributed by atoms with E-state index in [0.717, 1.165) is 32.2 Å². The highest BCUT2D eigenvalue weighted by Gasteiger charge is 2.48. The van der Waals surface area contributed by atoms with Gasteiger partial charge in [-0.1, -0.05) is 47.5 Å². The minimum Gasteiger partial charge on any atom is -0.388 e. The van der Waals surface area contributed by atoms with Crippen molar-refractivity contribution < 1.29 is 24.9 Å². The molecule has 2 heterocycles. The fraction of sp³-hybridized carbons (Fsp3) is 0.952. The van der Waals surface area contributed by atoms with Gasteiger partial charge in [-0.25, -0.2) is 0 Å². The zero-order chi connectivity index (χ0) is 21.7. The van der Waals surface area contributed by atoms with Crippen LogP contribution in [0.1, 0.15) is 60.3 Å². The molecule has 2 fully saturated rings. The molecule has 29 heavy (non-hydrogen) atoms. The maximum Gasteiger partial charge on any atom is 0.237 e. The molecule has 0 radical (unpaired) electrons. The van der Waals surface area contributed by atoms with Gasteiger partial charge in [-0.15, -0.1) is 11.8 Å². The van der Waals surface area contributed by atoms with Crippen LogP contribution in [0.2, 0.25) is 0 Å². The lowest BCUT2D eigenvalue weighted by Crippen LogP contribution is -2.65. The van der Waals surface area contributed by atoms with Crippen molar-refractivity contribution in [2.75, 3.05) is 6.54 Å². The second-order valence-electron chi connectivity index (χ2n) is 9.09. The standard InChI is InChI=1S/C21H40N2O5S/c1-6-7-13-8-9-22-14(10-13)20(27)23-15(11(2)3)19-17(25)16(24)18(26)21(28-19)29-12(4)5/h11-19,21-22,24-26H,6-10H2,1-5H3,(H,23,27). The van der Waals surface area contributed by atoms with E-state index in [0.29, 0.717) is 5.92 Å². The highest BCUT2D eigenvalue weighted by molar-refractivity contribution is 8.00. The van der Waals surface area contributed by atoms with Crippen LogP contribution in [-0.2, 0) is 9.53 Å². The molecule has 0 bridgehead atoms. The molecule has 2 saturated heterocycles. The second-order valence-corrected chi connectivity index (χ2v) is 10.8. The molecule has 5 N–H and O–H groups in total. The number of aliphatic hydroxyl groups is 3. The van der Waals surface area contributed by atoms with Gasteiger partial charge in [-0.05, 0) is 31.2 Å². The van der Waals surface area contributed by atoms with Crippen molar-refractivity contribution in [2.24, 2.45) is 11.8 Å². The van der Waals surface area contributed by atoms with E-state index < -0.39 is 35.9 Å². The van der Waals surface area contributed by atoms with E-state index in [2.05, 4.69) is 17.6 Å². The van der Waals surface area contributed by atoms with Crippen molar-refractivity contribution >= 4 is 17.7 Å². The zero-order valence-electron chi connectivity index (χ0n) is 18.4. The van der Waals surface area contributed by atoms with Crippen LogP contribution in [0.15, 0.2) is 0 Å². The molecule has 2 rings (SSSR count). The predicted molar refractivity (Wildman–Crippen MR) is 116 cm³/mol. The van der Waals surface area contributed by atoms with Gasteiger partial charge in [0.25, 0.3) is 0 Å². The topological polar surface area (TPSA) is 111 Å². The average molecular weight is 433 g/mol. The van der Waals surface area contributed by atoms with Crippen LogP contribution in [0.4, 0.5) is 0 Å². The summed E-state index contributed by atoms with van der Waals surface area (Å²) in [5.74, 6) is 0.449. The van der Waals surface area contributed by atoms with E-state index >= 15 is 0 Å². The zero-order valence-corrected chi connectivity index (χ0v) is 19.2. The molecular weight excluding hydrogens is 392 g/mol. The molecule has 1 amide bonds. The number of amides is 1. The Morgan fingerprint density at radius 1 is 1.17 bits per heavy atom. The normalized spacial score (nSPS) is 37.0.